The summed E-state index contributed by atoms with van der Waals surface area (Å²) in [5.41, 5.74) is 1.33. The first-order chi connectivity index (χ1) is 7.56. The minimum atomic E-state index is 0.870. The lowest BCUT2D eigenvalue weighted by atomic mass is 9.95. The fourth-order valence-corrected chi connectivity index (χ4v) is 1.99. The fourth-order valence-electron chi connectivity index (χ4n) is 1.99. The Labute approximate surface area is 103 Å². The van der Waals surface area contributed by atoms with Crippen LogP contribution in [-0.2, 0) is 0 Å². The van der Waals surface area contributed by atoms with Crippen molar-refractivity contribution in [2.24, 2.45) is 16.8 Å². The first-order valence-electron chi connectivity index (χ1n) is 7.06. The minimum absolute atomic E-state index is 0.870. The molecule has 0 N–H and O–H groups in total. The molecule has 0 aromatic rings. The lowest BCUT2D eigenvalue weighted by Crippen LogP contribution is -2.00. The molecule has 0 fully saturated rings. The van der Waals surface area contributed by atoms with E-state index in [4.69, 9.17) is 0 Å². The van der Waals surface area contributed by atoms with E-state index in [1.54, 1.807) is 0 Å². The van der Waals surface area contributed by atoms with Gasteiger partial charge in [-0.15, -0.1) is 0 Å². The largest absolute Gasteiger partial charge is 0.295 e. The second-order valence-corrected chi connectivity index (χ2v) is 5.53. The maximum Gasteiger partial charge on any atom is 0.0360 e. The highest BCUT2D eigenvalue weighted by Gasteiger charge is 2.03. The zero-order valence-corrected chi connectivity index (χ0v) is 12.1. The smallest absolute Gasteiger partial charge is 0.0360 e. The number of aliphatic imine (C=N–C) groups is 1. The number of rotatable bonds is 9. The number of hydrogen-bond donors (Lipinski definition) is 0. The van der Waals surface area contributed by atoms with Crippen molar-refractivity contribution in [3.05, 3.63) is 0 Å². The van der Waals surface area contributed by atoms with Crippen molar-refractivity contribution in [3.8, 4) is 0 Å². The van der Waals surface area contributed by atoms with E-state index in [1.807, 2.05) is 0 Å². The summed E-state index contributed by atoms with van der Waals surface area (Å²) in [6.45, 7) is 12.2. The molecule has 0 aromatic heterocycles. The first kappa shape index (κ1) is 15.7. The van der Waals surface area contributed by atoms with Crippen LogP contribution in [0.15, 0.2) is 4.99 Å². The Morgan fingerprint density at radius 3 is 2.19 bits per heavy atom. The Bertz CT molecular complexity index is 182. The highest BCUT2D eigenvalue weighted by molar-refractivity contribution is 5.81. The Kier molecular flexibility index (Phi) is 9.66. The van der Waals surface area contributed by atoms with Gasteiger partial charge in [-0.2, -0.15) is 0 Å². The minimum Gasteiger partial charge on any atom is -0.295 e. The molecule has 0 bridgehead atoms. The summed E-state index contributed by atoms with van der Waals surface area (Å²) < 4.78 is 0. The maximum atomic E-state index is 4.43. The van der Waals surface area contributed by atoms with Gasteiger partial charge in [-0.3, -0.25) is 4.99 Å². The van der Waals surface area contributed by atoms with Crippen molar-refractivity contribution in [1.29, 1.82) is 0 Å². The third-order valence-electron chi connectivity index (χ3n) is 3.16. The zero-order valence-electron chi connectivity index (χ0n) is 12.1. The lowest BCUT2D eigenvalue weighted by Gasteiger charge is -2.11. The predicted octanol–water partition coefficient (Wildman–Crippen LogP) is 5.10. The van der Waals surface area contributed by atoms with E-state index < -0.39 is 0 Å². The van der Waals surface area contributed by atoms with Crippen LogP contribution in [0.4, 0.5) is 0 Å². The first-order valence-corrected chi connectivity index (χ1v) is 7.06. The molecule has 0 rings (SSSR count). The van der Waals surface area contributed by atoms with Crippen LogP contribution in [0.3, 0.4) is 0 Å². The molecule has 96 valence electrons. The summed E-state index contributed by atoms with van der Waals surface area (Å²) in [6, 6.07) is 0. The third kappa shape index (κ3) is 10.2. The molecule has 1 heteroatoms. The van der Waals surface area contributed by atoms with Gasteiger partial charge < -0.3 is 0 Å². The molecule has 0 radical (unpaired) electrons. The average Bonchev–Trinajstić information content (AvgIpc) is 2.22. The van der Waals surface area contributed by atoms with Gasteiger partial charge in [-0.05, 0) is 38.5 Å². The molecule has 0 aliphatic heterocycles. The van der Waals surface area contributed by atoms with Gasteiger partial charge in [0.05, 0.1) is 0 Å². The van der Waals surface area contributed by atoms with E-state index >= 15 is 0 Å². The van der Waals surface area contributed by atoms with Crippen LogP contribution >= 0.6 is 0 Å². The summed E-state index contributed by atoms with van der Waals surface area (Å²) in [5, 5.41) is 0. The molecule has 0 aromatic carbocycles. The summed E-state index contributed by atoms with van der Waals surface area (Å²) >= 11 is 0. The molecule has 0 heterocycles. The summed E-state index contributed by atoms with van der Waals surface area (Å²) in [7, 11) is 0. The van der Waals surface area contributed by atoms with Gasteiger partial charge in [-0.25, -0.2) is 0 Å². The molecule has 1 atom stereocenters. The maximum absolute atomic E-state index is 4.43. The van der Waals surface area contributed by atoms with Crippen LogP contribution in [0.25, 0.3) is 0 Å². The second-order valence-electron chi connectivity index (χ2n) is 5.53. The highest BCUT2D eigenvalue weighted by atomic mass is 14.7. The summed E-state index contributed by atoms with van der Waals surface area (Å²) in [4.78, 5) is 4.43. The van der Waals surface area contributed by atoms with Crippen LogP contribution in [0.1, 0.15) is 73.1 Å². The predicted molar refractivity (Wildman–Crippen MR) is 75.4 cm³/mol. The van der Waals surface area contributed by atoms with E-state index in [-0.39, 0.29) is 0 Å². The Balaban J connectivity index is 3.44. The third-order valence-corrected chi connectivity index (χ3v) is 3.16. The molecule has 0 aliphatic carbocycles. The zero-order chi connectivity index (χ0) is 12.4. The van der Waals surface area contributed by atoms with Gasteiger partial charge in [0.25, 0.3) is 0 Å². The molecule has 0 spiro atoms. The Morgan fingerprint density at radius 1 is 1.00 bits per heavy atom. The molecular formula is C15H31N. The van der Waals surface area contributed by atoms with Crippen molar-refractivity contribution in [1.82, 2.24) is 0 Å². The Morgan fingerprint density at radius 2 is 1.62 bits per heavy atom. The van der Waals surface area contributed by atoms with Crippen LogP contribution in [0.2, 0.25) is 0 Å². The van der Waals surface area contributed by atoms with Crippen molar-refractivity contribution >= 4 is 5.71 Å². The van der Waals surface area contributed by atoms with E-state index in [1.165, 1.54) is 44.2 Å². The van der Waals surface area contributed by atoms with Crippen LogP contribution in [0.5, 0.6) is 0 Å². The molecule has 16 heavy (non-hydrogen) atoms. The molecule has 1 nitrogen and oxygen atoms in total. The molecule has 0 amide bonds. The van der Waals surface area contributed by atoms with Gasteiger partial charge in [0.2, 0.25) is 0 Å². The summed E-state index contributed by atoms with van der Waals surface area (Å²) in [5.74, 6) is 1.74. The lowest BCUT2D eigenvalue weighted by molar-refractivity contribution is 0.447. The quantitative estimate of drug-likeness (QED) is 0.382. The second kappa shape index (κ2) is 9.86. The van der Waals surface area contributed by atoms with E-state index in [2.05, 4.69) is 39.6 Å². The van der Waals surface area contributed by atoms with Gasteiger partial charge in [0.1, 0.15) is 0 Å². The molecule has 1 unspecified atom stereocenters. The van der Waals surface area contributed by atoms with Gasteiger partial charge in [-0.1, -0.05) is 46.5 Å². The number of hydrogen-bond acceptors (Lipinski definition) is 1. The average molecular weight is 225 g/mol. The Hall–Kier alpha value is -0.330. The summed E-state index contributed by atoms with van der Waals surface area (Å²) in [6.07, 6.45) is 8.11. The van der Waals surface area contributed by atoms with E-state index in [9.17, 15) is 0 Å². The SMILES string of the molecule is CCN=C(C)CCC(C)CCCCC(C)C. The fraction of sp³-hybridized carbons (Fsp3) is 0.933. The van der Waals surface area contributed by atoms with Crippen molar-refractivity contribution in [3.63, 3.8) is 0 Å². The van der Waals surface area contributed by atoms with Crippen molar-refractivity contribution in [2.45, 2.75) is 73.1 Å². The molecule has 0 saturated carbocycles. The van der Waals surface area contributed by atoms with Crippen LogP contribution < -0.4 is 0 Å². The molecule has 0 saturated heterocycles. The van der Waals surface area contributed by atoms with Gasteiger partial charge >= 0.3 is 0 Å². The monoisotopic (exact) mass is 225 g/mol. The van der Waals surface area contributed by atoms with Crippen LogP contribution in [0, 0.1) is 11.8 Å². The normalized spacial score (nSPS) is 14.5. The molecular weight excluding hydrogens is 194 g/mol. The molecule has 0 aliphatic rings. The highest BCUT2D eigenvalue weighted by Crippen LogP contribution is 2.16. The van der Waals surface area contributed by atoms with Gasteiger partial charge in [0.15, 0.2) is 0 Å². The topological polar surface area (TPSA) is 12.4 Å². The van der Waals surface area contributed by atoms with Crippen LogP contribution in [-0.4, -0.2) is 12.3 Å². The van der Waals surface area contributed by atoms with E-state index in [0.29, 0.717) is 0 Å². The van der Waals surface area contributed by atoms with Crippen molar-refractivity contribution < 1.29 is 0 Å². The van der Waals surface area contributed by atoms with Gasteiger partial charge in [0, 0.05) is 12.3 Å². The van der Waals surface area contributed by atoms with E-state index in [0.717, 1.165) is 18.4 Å². The standard InChI is InChI=1S/C15H31N/c1-6-16-15(5)12-11-14(4)10-8-7-9-13(2)3/h13-14H,6-12H2,1-5H3. The number of nitrogens with zero attached hydrogens (tertiary/aromatic N) is 1. The van der Waals surface area contributed by atoms with Crippen molar-refractivity contribution in [2.75, 3.05) is 6.54 Å². The number of unbranched alkanes of at least 4 members (excludes halogenated alkanes) is 1.